The normalized spacial score (nSPS) is 12.6. The maximum atomic E-state index is 12.4. The minimum Gasteiger partial charge on any atom is -0.503 e. The first-order valence-corrected chi connectivity index (χ1v) is 4.21. The summed E-state index contributed by atoms with van der Waals surface area (Å²) in [6.07, 6.45) is -10.4. The van der Waals surface area contributed by atoms with Gasteiger partial charge in [-0.15, -0.1) is 13.2 Å². The molecule has 18 heavy (non-hydrogen) atoms. The van der Waals surface area contributed by atoms with Crippen molar-refractivity contribution < 1.29 is 41.3 Å². The van der Waals surface area contributed by atoms with Gasteiger partial charge in [0.25, 0.3) is 5.88 Å². The number of rotatable bonds is 2. The van der Waals surface area contributed by atoms with Gasteiger partial charge in [0.1, 0.15) is 5.56 Å². The molecule has 1 heterocycles. The third-order valence-electron chi connectivity index (χ3n) is 1.69. The van der Waals surface area contributed by atoms with Crippen molar-refractivity contribution in [2.75, 3.05) is 0 Å². The van der Waals surface area contributed by atoms with Crippen molar-refractivity contribution in [1.82, 2.24) is 4.98 Å². The number of aromatic hydroxyl groups is 1. The largest absolute Gasteiger partial charge is 0.574 e. The molecule has 1 aromatic heterocycles. The number of halogens is 6. The lowest BCUT2D eigenvalue weighted by atomic mass is 10.2. The van der Waals surface area contributed by atoms with E-state index in [1.807, 2.05) is 0 Å². The van der Waals surface area contributed by atoms with Gasteiger partial charge in [-0.2, -0.15) is 13.2 Å². The van der Waals surface area contributed by atoms with Crippen LogP contribution in [0.5, 0.6) is 11.6 Å². The molecule has 0 radical (unpaired) electrons. The van der Waals surface area contributed by atoms with Crippen LogP contribution in [0.15, 0.2) is 6.07 Å². The van der Waals surface area contributed by atoms with Crippen LogP contribution in [0.3, 0.4) is 0 Å². The topological polar surface area (TPSA) is 62.6 Å². The van der Waals surface area contributed by atoms with Gasteiger partial charge >= 0.3 is 12.5 Å². The van der Waals surface area contributed by atoms with Crippen LogP contribution < -0.4 is 4.74 Å². The summed E-state index contributed by atoms with van der Waals surface area (Å²) in [6, 6.07) is 0.221. The molecule has 10 heteroatoms. The lowest BCUT2D eigenvalue weighted by Gasteiger charge is -2.14. The Morgan fingerprint density at radius 3 is 2.11 bits per heavy atom. The van der Waals surface area contributed by atoms with Crippen LogP contribution in [-0.4, -0.2) is 21.6 Å². The molecule has 1 rings (SSSR count). The number of nitrogens with zero attached hydrogens (tertiary/aromatic N) is 1. The predicted octanol–water partition coefficient (Wildman–Crippen LogP) is 2.20. The fourth-order valence-electron chi connectivity index (χ4n) is 1.04. The third-order valence-corrected chi connectivity index (χ3v) is 1.69. The van der Waals surface area contributed by atoms with Gasteiger partial charge in [-0.3, -0.25) is 0 Å². The molecule has 0 fully saturated rings. The Hall–Kier alpha value is -1.71. The number of ether oxygens (including phenoxy) is 1. The van der Waals surface area contributed by atoms with Crippen LogP contribution in [-0.2, 0) is 12.8 Å². The van der Waals surface area contributed by atoms with Gasteiger partial charge in [-0.25, -0.2) is 4.98 Å². The molecular formula is C8H5F6NO3. The second-order valence-corrected chi connectivity index (χ2v) is 3.02. The second-order valence-electron chi connectivity index (χ2n) is 3.02. The highest BCUT2D eigenvalue weighted by Crippen LogP contribution is 2.41. The molecule has 0 aliphatic heterocycles. The van der Waals surface area contributed by atoms with Gasteiger partial charge in [0, 0.05) is 0 Å². The maximum absolute atomic E-state index is 12.4. The van der Waals surface area contributed by atoms with Gasteiger partial charge in [-0.1, -0.05) is 0 Å². The van der Waals surface area contributed by atoms with E-state index in [4.69, 9.17) is 10.2 Å². The third kappa shape index (κ3) is 3.39. The van der Waals surface area contributed by atoms with E-state index < -0.39 is 42.0 Å². The van der Waals surface area contributed by atoms with Crippen molar-refractivity contribution in [2.45, 2.75) is 19.1 Å². The van der Waals surface area contributed by atoms with Gasteiger partial charge in [0.2, 0.25) is 0 Å². The summed E-state index contributed by atoms with van der Waals surface area (Å²) in [6.45, 7) is -1.04. The highest BCUT2D eigenvalue weighted by Gasteiger charge is 2.39. The fourth-order valence-corrected chi connectivity index (χ4v) is 1.04. The molecule has 0 spiro atoms. The van der Waals surface area contributed by atoms with Crippen LogP contribution in [0, 0.1) is 0 Å². The number of hydrogen-bond donors (Lipinski definition) is 2. The molecule has 0 atom stereocenters. The Morgan fingerprint density at radius 1 is 1.17 bits per heavy atom. The van der Waals surface area contributed by atoms with E-state index >= 15 is 0 Å². The first-order valence-electron chi connectivity index (χ1n) is 4.21. The van der Waals surface area contributed by atoms with E-state index in [0.717, 1.165) is 0 Å². The summed E-state index contributed by atoms with van der Waals surface area (Å²) >= 11 is 0. The van der Waals surface area contributed by atoms with Crippen molar-refractivity contribution in [2.24, 2.45) is 0 Å². The number of hydrogen-bond acceptors (Lipinski definition) is 4. The van der Waals surface area contributed by atoms with Crippen LogP contribution in [0.1, 0.15) is 11.3 Å². The molecular weight excluding hydrogens is 272 g/mol. The molecule has 0 saturated carbocycles. The zero-order chi connectivity index (χ0) is 14.1. The summed E-state index contributed by atoms with van der Waals surface area (Å²) in [5, 5.41) is 17.6. The van der Waals surface area contributed by atoms with Crippen molar-refractivity contribution in [3.05, 3.63) is 17.3 Å². The average molecular weight is 277 g/mol. The Bertz CT molecular complexity index is 442. The Labute approximate surface area is 95.4 Å². The monoisotopic (exact) mass is 277 g/mol. The summed E-state index contributed by atoms with van der Waals surface area (Å²) in [7, 11) is 0. The number of aliphatic hydroxyl groups excluding tert-OH is 1. The van der Waals surface area contributed by atoms with Crippen molar-refractivity contribution >= 4 is 0 Å². The van der Waals surface area contributed by atoms with E-state index in [9.17, 15) is 26.3 Å². The molecule has 4 nitrogen and oxygen atoms in total. The average Bonchev–Trinajstić information content (AvgIpc) is 2.17. The highest BCUT2D eigenvalue weighted by atomic mass is 19.4. The van der Waals surface area contributed by atoms with Crippen LogP contribution in [0.4, 0.5) is 26.3 Å². The molecule has 0 unspecified atom stereocenters. The van der Waals surface area contributed by atoms with E-state index in [0.29, 0.717) is 0 Å². The van der Waals surface area contributed by atoms with E-state index in [1.165, 1.54) is 0 Å². The Morgan fingerprint density at radius 2 is 1.72 bits per heavy atom. The molecule has 2 N–H and O–H groups in total. The van der Waals surface area contributed by atoms with E-state index in [1.54, 1.807) is 0 Å². The molecule has 0 aliphatic rings. The molecule has 0 aromatic carbocycles. The summed E-state index contributed by atoms with van der Waals surface area (Å²) in [4.78, 5) is 2.91. The molecule has 0 saturated heterocycles. The van der Waals surface area contributed by atoms with Crippen molar-refractivity contribution in [1.29, 1.82) is 0 Å². The Kier molecular flexibility index (Phi) is 3.60. The SMILES string of the molecule is OCc1cc(C(F)(F)F)c(O)c(OC(F)(F)F)n1. The second kappa shape index (κ2) is 4.52. The number of alkyl halides is 6. The van der Waals surface area contributed by atoms with Crippen LogP contribution >= 0.6 is 0 Å². The standard InChI is InChI=1S/C8H5F6NO3/c9-7(10,11)4-1-3(2-16)15-6(5(4)17)18-8(12,13)14/h1,16-17H,2H2. The van der Waals surface area contributed by atoms with E-state index in [-0.39, 0.29) is 6.07 Å². The lowest BCUT2D eigenvalue weighted by Crippen LogP contribution is -2.19. The van der Waals surface area contributed by atoms with Gasteiger partial charge in [-0.05, 0) is 6.07 Å². The summed E-state index contributed by atoms with van der Waals surface area (Å²) < 4.78 is 75.9. The molecule has 1 aromatic rings. The molecule has 0 bridgehead atoms. The van der Waals surface area contributed by atoms with Gasteiger partial charge < -0.3 is 14.9 Å². The van der Waals surface area contributed by atoms with Crippen LogP contribution in [0.2, 0.25) is 0 Å². The van der Waals surface area contributed by atoms with Crippen molar-refractivity contribution in [3.8, 4) is 11.6 Å². The lowest BCUT2D eigenvalue weighted by molar-refractivity contribution is -0.276. The maximum Gasteiger partial charge on any atom is 0.574 e. The molecule has 0 amide bonds. The van der Waals surface area contributed by atoms with Crippen molar-refractivity contribution in [3.63, 3.8) is 0 Å². The van der Waals surface area contributed by atoms with Gasteiger partial charge in [0.05, 0.1) is 12.3 Å². The smallest absolute Gasteiger partial charge is 0.503 e. The number of pyridine rings is 1. The number of aromatic nitrogens is 1. The summed E-state index contributed by atoms with van der Waals surface area (Å²) in [5.41, 5.74) is -2.50. The molecule has 102 valence electrons. The fraction of sp³-hybridized carbons (Fsp3) is 0.375. The van der Waals surface area contributed by atoms with Crippen LogP contribution in [0.25, 0.3) is 0 Å². The molecule has 0 aliphatic carbocycles. The minimum absolute atomic E-state index is 0.221. The quantitative estimate of drug-likeness (QED) is 0.813. The Balaban J connectivity index is 3.34. The first-order chi connectivity index (χ1) is 8.04. The zero-order valence-corrected chi connectivity index (χ0v) is 8.30. The minimum atomic E-state index is -5.32. The number of aliphatic hydroxyl groups is 1. The first kappa shape index (κ1) is 14.4. The van der Waals surface area contributed by atoms with E-state index in [2.05, 4.69) is 9.72 Å². The van der Waals surface area contributed by atoms with Gasteiger partial charge in [0.15, 0.2) is 5.75 Å². The predicted molar refractivity (Wildman–Crippen MR) is 43.5 cm³/mol. The summed E-state index contributed by atoms with van der Waals surface area (Å²) in [5.74, 6) is -3.46. The zero-order valence-electron chi connectivity index (χ0n) is 8.30. The highest BCUT2D eigenvalue weighted by molar-refractivity contribution is 5.43.